The van der Waals surface area contributed by atoms with Crippen LogP contribution in [0.5, 0.6) is 11.5 Å². The zero-order valence-corrected chi connectivity index (χ0v) is 17.4. The van der Waals surface area contributed by atoms with Gasteiger partial charge in [0.2, 0.25) is 0 Å². The fourth-order valence-corrected chi connectivity index (χ4v) is 3.84. The number of benzene rings is 2. The normalized spacial score (nSPS) is 13.3. The number of phenols is 1. The van der Waals surface area contributed by atoms with Gasteiger partial charge in [-0.1, -0.05) is 37.6 Å². The van der Waals surface area contributed by atoms with Crippen molar-refractivity contribution in [2.24, 2.45) is 0 Å². The number of hydrogen-bond donors (Lipinski definition) is 1. The first-order valence-corrected chi connectivity index (χ1v) is 10.8. The second-order valence-electron chi connectivity index (χ2n) is 6.94. The quantitative estimate of drug-likeness (QED) is 0.217. The monoisotopic (exact) mass is 448 g/mol. The van der Waals surface area contributed by atoms with Crippen molar-refractivity contribution < 1.29 is 31.8 Å². The number of unbranched alkanes of at least 4 members (excludes halogenated alkanes) is 1. The minimum Gasteiger partial charge on any atom is -0.508 e. The molecule has 0 spiro atoms. The highest BCUT2D eigenvalue weighted by Gasteiger charge is 2.56. The molecule has 1 N–H and O–H groups in total. The lowest BCUT2D eigenvalue weighted by atomic mass is 10.1. The molecule has 1 atom stereocenters. The van der Waals surface area contributed by atoms with E-state index < -0.39 is 18.5 Å². The number of halogens is 5. The van der Waals surface area contributed by atoms with Crippen molar-refractivity contribution in [2.45, 2.75) is 56.6 Å². The number of thioether (sulfide) groups is 1. The topological polar surface area (TPSA) is 29.5 Å². The Kier molecular flexibility index (Phi) is 8.82. The van der Waals surface area contributed by atoms with Crippen LogP contribution in [-0.2, 0) is 0 Å². The van der Waals surface area contributed by atoms with Gasteiger partial charge in [0.05, 0.1) is 0 Å². The van der Waals surface area contributed by atoms with Crippen molar-refractivity contribution in [1.29, 1.82) is 0 Å². The van der Waals surface area contributed by atoms with Crippen LogP contribution in [0.1, 0.15) is 39.0 Å². The van der Waals surface area contributed by atoms with Gasteiger partial charge in [0.25, 0.3) is 0 Å². The summed E-state index contributed by atoms with van der Waals surface area (Å²) in [7, 11) is 0. The van der Waals surface area contributed by atoms with Gasteiger partial charge in [-0.25, -0.2) is 0 Å². The van der Waals surface area contributed by atoms with Crippen LogP contribution in [-0.4, -0.2) is 28.4 Å². The van der Waals surface area contributed by atoms with Crippen molar-refractivity contribution in [3.05, 3.63) is 48.5 Å². The standard InChI is InChI=1S/C22H25F5O2S/c1-2-3-8-20(30-14-5-13-21(23,24)22(25,26)27)29-19-7-4-6-17(15-19)16-9-11-18(28)12-10-16/h4,6-7,9-12,15,20,28H,2-3,5,8,13-14H2,1H3. The van der Waals surface area contributed by atoms with E-state index in [1.54, 1.807) is 30.3 Å². The summed E-state index contributed by atoms with van der Waals surface area (Å²) in [5.74, 6) is -3.75. The molecule has 2 aromatic rings. The Morgan fingerprint density at radius 2 is 1.67 bits per heavy atom. The molecular weight excluding hydrogens is 423 g/mol. The molecule has 30 heavy (non-hydrogen) atoms. The maximum Gasteiger partial charge on any atom is 0.453 e. The van der Waals surface area contributed by atoms with E-state index in [2.05, 4.69) is 0 Å². The van der Waals surface area contributed by atoms with Crippen molar-refractivity contribution in [3.63, 3.8) is 0 Å². The first-order valence-electron chi connectivity index (χ1n) is 9.74. The Morgan fingerprint density at radius 1 is 0.967 bits per heavy atom. The Balaban J connectivity index is 1.97. The maximum atomic E-state index is 13.1. The zero-order chi connectivity index (χ0) is 22.2. The summed E-state index contributed by atoms with van der Waals surface area (Å²) in [4.78, 5) is 0. The van der Waals surface area contributed by atoms with Crippen LogP contribution in [0.2, 0.25) is 0 Å². The smallest absolute Gasteiger partial charge is 0.453 e. The van der Waals surface area contributed by atoms with Crippen LogP contribution >= 0.6 is 11.8 Å². The number of phenolic OH excluding ortho intramolecular Hbond substituents is 1. The van der Waals surface area contributed by atoms with Gasteiger partial charge in [-0.3, -0.25) is 0 Å². The number of rotatable bonds is 11. The summed E-state index contributed by atoms with van der Waals surface area (Å²) in [6.07, 6.45) is -4.55. The molecule has 0 aromatic heterocycles. The van der Waals surface area contributed by atoms with Gasteiger partial charge in [0.15, 0.2) is 0 Å². The molecule has 166 valence electrons. The fourth-order valence-electron chi connectivity index (χ4n) is 2.75. The molecule has 1 unspecified atom stereocenters. The molecular formula is C22H25F5O2S. The Morgan fingerprint density at radius 3 is 2.30 bits per heavy atom. The second kappa shape index (κ2) is 10.9. The van der Waals surface area contributed by atoms with Gasteiger partial charge < -0.3 is 9.84 Å². The van der Waals surface area contributed by atoms with Crippen molar-refractivity contribution in [3.8, 4) is 22.6 Å². The zero-order valence-electron chi connectivity index (χ0n) is 16.6. The van der Waals surface area contributed by atoms with E-state index >= 15 is 0 Å². The van der Waals surface area contributed by atoms with Gasteiger partial charge in [-0.15, -0.1) is 11.8 Å². The van der Waals surface area contributed by atoms with Crippen molar-refractivity contribution in [1.82, 2.24) is 0 Å². The maximum absolute atomic E-state index is 13.1. The third kappa shape index (κ3) is 7.38. The SMILES string of the molecule is CCCCC(Oc1cccc(-c2ccc(O)cc2)c1)SCCCC(F)(F)C(F)(F)F. The summed E-state index contributed by atoms with van der Waals surface area (Å²) >= 11 is 1.26. The first kappa shape index (κ1) is 24.3. The summed E-state index contributed by atoms with van der Waals surface area (Å²) < 4.78 is 68.9. The molecule has 0 saturated carbocycles. The lowest BCUT2D eigenvalue weighted by Gasteiger charge is -2.21. The first-order chi connectivity index (χ1) is 14.1. The summed E-state index contributed by atoms with van der Waals surface area (Å²) in [6.45, 7) is 2.01. The van der Waals surface area contributed by atoms with Crippen molar-refractivity contribution in [2.75, 3.05) is 5.75 Å². The molecule has 2 nitrogen and oxygen atoms in total. The average Bonchev–Trinajstić information content (AvgIpc) is 2.69. The Labute approximate surface area is 177 Å². The average molecular weight is 448 g/mol. The van der Waals surface area contributed by atoms with Crippen LogP contribution in [0, 0.1) is 0 Å². The number of aromatic hydroxyl groups is 1. The summed E-state index contributed by atoms with van der Waals surface area (Å²) in [6, 6.07) is 14.1. The van der Waals surface area contributed by atoms with Crippen LogP contribution in [0.25, 0.3) is 11.1 Å². The van der Waals surface area contributed by atoms with E-state index in [9.17, 15) is 27.1 Å². The second-order valence-corrected chi connectivity index (χ2v) is 8.21. The van der Waals surface area contributed by atoms with E-state index in [1.807, 2.05) is 25.1 Å². The largest absolute Gasteiger partial charge is 0.508 e. The van der Waals surface area contributed by atoms with Crippen molar-refractivity contribution >= 4 is 11.8 Å². The van der Waals surface area contributed by atoms with E-state index in [0.717, 1.165) is 24.0 Å². The lowest BCUT2D eigenvalue weighted by Crippen LogP contribution is -2.36. The van der Waals surface area contributed by atoms with Gasteiger partial charge >= 0.3 is 12.1 Å². The number of ether oxygens (including phenoxy) is 1. The molecule has 0 bridgehead atoms. The molecule has 0 fully saturated rings. The van der Waals surface area contributed by atoms with Crippen LogP contribution in [0.3, 0.4) is 0 Å². The van der Waals surface area contributed by atoms with Crippen LogP contribution in [0.15, 0.2) is 48.5 Å². The third-order valence-corrected chi connectivity index (χ3v) is 5.68. The molecule has 0 heterocycles. The van der Waals surface area contributed by atoms with E-state index in [-0.39, 0.29) is 23.4 Å². The van der Waals surface area contributed by atoms with Crippen LogP contribution < -0.4 is 4.74 Å². The van der Waals surface area contributed by atoms with Gasteiger partial charge in [-0.05, 0) is 60.4 Å². The molecule has 0 radical (unpaired) electrons. The Bertz CT molecular complexity index is 778. The molecule has 0 saturated heterocycles. The lowest BCUT2D eigenvalue weighted by molar-refractivity contribution is -0.284. The van der Waals surface area contributed by atoms with E-state index in [1.165, 1.54) is 11.8 Å². The van der Waals surface area contributed by atoms with Gasteiger partial charge in [-0.2, -0.15) is 22.0 Å². The molecule has 0 aliphatic rings. The molecule has 2 rings (SSSR count). The molecule has 8 heteroatoms. The summed E-state index contributed by atoms with van der Waals surface area (Å²) in [5.41, 5.74) is 1.45. The Hall–Kier alpha value is -1.96. The molecule has 0 aliphatic carbocycles. The van der Waals surface area contributed by atoms with E-state index in [0.29, 0.717) is 12.2 Å². The minimum atomic E-state index is -5.51. The van der Waals surface area contributed by atoms with Gasteiger partial charge in [0, 0.05) is 6.42 Å². The number of alkyl halides is 5. The minimum absolute atomic E-state index is 0.150. The highest BCUT2D eigenvalue weighted by molar-refractivity contribution is 7.99. The fraction of sp³-hybridized carbons (Fsp3) is 0.455. The number of hydrogen-bond acceptors (Lipinski definition) is 3. The predicted molar refractivity (Wildman–Crippen MR) is 110 cm³/mol. The molecule has 2 aromatic carbocycles. The highest BCUT2D eigenvalue weighted by Crippen LogP contribution is 2.39. The van der Waals surface area contributed by atoms with Crippen LogP contribution in [0.4, 0.5) is 22.0 Å². The highest BCUT2D eigenvalue weighted by atomic mass is 32.2. The predicted octanol–water partition coefficient (Wildman–Crippen LogP) is 7.67. The summed E-state index contributed by atoms with van der Waals surface area (Å²) in [5, 5.41) is 9.42. The third-order valence-electron chi connectivity index (χ3n) is 4.45. The molecule has 0 amide bonds. The van der Waals surface area contributed by atoms with E-state index in [4.69, 9.17) is 4.74 Å². The molecule has 0 aliphatic heterocycles. The van der Waals surface area contributed by atoms with Gasteiger partial charge in [0.1, 0.15) is 16.9 Å².